The molecule has 2 heterocycles. The molecule has 9 aromatic rings. The van der Waals surface area contributed by atoms with E-state index in [2.05, 4.69) is 187 Å². The summed E-state index contributed by atoms with van der Waals surface area (Å²) in [6.45, 7) is 0. The predicted molar refractivity (Wildman–Crippen MR) is 218 cm³/mol. The van der Waals surface area contributed by atoms with Crippen molar-refractivity contribution in [3.05, 3.63) is 194 Å². The van der Waals surface area contributed by atoms with Gasteiger partial charge in [0.1, 0.15) is 0 Å². The molecule has 0 fully saturated rings. The van der Waals surface area contributed by atoms with Crippen LogP contribution in [0.1, 0.15) is 0 Å². The highest BCUT2D eigenvalue weighted by molar-refractivity contribution is 6.12. The lowest BCUT2D eigenvalue weighted by atomic mass is 9.88. The van der Waals surface area contributed by atoms with Crippen LogP contribution in [-0.2, 0) is 0 Å². The summed E-state index contributed by atoms with van der Waals surface area (Å²) in [5, 5.41) is 2.45. The van der Waals surface area contributed by atoms with E-state index in [1.165, 1.54) is 33.0 Å². The van der Waals surface area contributed by atoms with E-state index < -0.39 is 0 Å². The van der Waals surface area contributed by atoms with Crippen LogP contribution in [0.15, 0.2) is 194 Å². The van der Waals surface area contributed by atoms with Crippen LogP contribution in [0, 0.1) is 0 Å². The van der Waals surface area contributed by atoms with E-state index in [-0.39, 0.29) is 0 Å². The first-order valence-electron chi connectivity index (χ1n) is 17.9. The van der Waals surface area contributed by atoms with E-state index in [9.17, 15) is 0 Å². The SMILES string of the molecule is c1ccc(-c2ccc(-c3nc(-c4ccc(-c5ccccc5)cc4)nc(N4c5ccccc5-c5cccc6cccc(c56)-c5ccccc54)n3)cc2)cc1. The fourth-order valence-electron chi connectivity index (χ4n) is 7.54. The van der Waals surface area contributed by atoms with Gasteiger partial charge >= 0.3 is 0 Å². The van der Waals surface area contributed by atoms with E-state index in [0.717, 1.165) is 44.8 Å². The van der Waals surface area contributed by atoms with Gasteiger partial charge < -0.3 is 0 Å². The fourth-order valence-corrected chi connectivity index (χ4v) is 7.54. The molecule has 0 saturated carbocycles. The van der Waals surface area contributed by atoms with Crippen molar-refractivity contribution in [2.75, 3.05) is 4.90 Å². The summed E-state index contributed by atoms with van der Waals surface area (Å²) in [5.41, 5.74) is 13.0. The maximum atomic E-state index is 5.30. The second kappa shape index (κ2) is 12.9. The van der Waals surface area contributed by atoms with E-state index in [0.29, 0.717) is 17.6 Å². The van der Waals surface area contributed by atoms with Crippen LogP contribution in [0.4, 0.5) is 17.3 Å². The molecular formula is C49H32N4. The Hall–Kier alpha value is -7.17. The van der Waals surface area contributed by atoms with Gasteiger partial charge in [0.2, 0.25) is 5.95 Å². The molecule has 4 nitrogen and oxygen atoms in total. The van der Waals surface area contributed by atoms with Gasteiger partial charge in [-0.3, -0.25) is 4.90 Å². The predicted octanol–water partition coefficient (Wildman–Crippen LogP) is 12.8. The lowest BCUT2D eigenvalue weighted by molar-refractivity contribution is 1.02. The van der Waals surface area contributed by atoms with Gasteiger partial charge in [0, 0.05) is 22.3 Å². The van der Waals surface area contributed by atoms with Gasteiger partial charge in [0.05, 0.1) is 11.4 Å². The summed E-state index contributed by atoms with van der Waals surface area (Å²) in [6, 6.07) is 68.1. The molecule has 53 heavy (non-hydrogen) atoms. The van der Waals surface area contributed by atoms with Crippen molar-refractivity contribution in [1.29, 1.82) is 0 Å². The highest BCUT2D eigenvalue weighted by atomic mass is 15.3. The molecule has 1 aliphatic heterocycles. The maximum Gasteiger partial charge on any atom is 0.238 e. The highest BCUT2D eigenvalue weighted by Crippen LogP contribution is 2.50. The van der Waals surface area contributed by atoms with E-state index >= 15 is 0 Å². The molecule has 0 radical (unpaired) electrons. The summed E-state index contributed by atoms with van der Waals surface area (Å²) >= 11 is 0. The molecule has 1 aromatic heterocycles. The zero-order valence-electron chi connectivity index (χ0n) is 28.8. The smallest absolute Gasteiger partial charge is 0.238 e. The number of hydrogen-bond donors (Lipinski definition) is 0. The van der Waals surface area contributed by atoms with Crippen LogP contribution in [0.25, 0.3) is 78.1 Å². The average Bonchev–Trinajstić information content (AvgIpc) is 3.24. The van der Waals surface area contributed by atoms with Crippen molar-refractivity contribution in [3.8, 4) is 67.3 Å². The molecule has 248 valence electrons. The quantitative estimate of drug-likeness (QED) is 0.182. The molecule has 1 aliphatic rings. The van der Waals surface area contributed by atoms with Crippen molar-refractivity contribution in [2.24, 2.45) is 0 Å². The maximum absolute atomic E-state index is 5.30. The largest absolute Gasteiger partial charge is 0.278 e. The monoisotopic (exact) mass is 676 g/mol. The Labute approximate surface area is 308 Å². The van der Waals surface area contributed by atoms with Crippen molar-refractivity contribution in [1.82, 2.24) is 15.0 Å². The number of para-hydroxylation sites is 2. The summed E-state index contributed by atoms with van der Waals surface area (Å²) in [4.78, 5) is 18.0. The average molecular weight is 677 g/mol. The van der Waals surface area contributed by atoms with Crippen LogP contribution < -0.4 is 4.90 Å². The van der Waals surface area contributed by atoms with Crippen LogP contribution in [0.2, 0.25) is 0 Å². The Balaban J connectivity index is 1.20. The minimum atomic E-state index is 0.552. The van der Waals surface area contributed by atoms with Crippen molar-refractivity contribution in [2.45, 2.75) is 0 Å². The first-order chi connectivity index (χ1) is 26.3. The molecule has 0 amide bonds. The normalized spacial score (nSPS) is 11.7. The molecule has 10 rings (SSSR count). The molecule has 4 heteroatoms. The summed E-state index contributed by atoms with van der Waals surface area (Å²) in [6.07, 6.45) is 0. The van der Waals surface area contributed by atoms with Crippen molar-refractivity contribution >= 4 is 28.1 Å². The molecule has 0 aliphatic carbocycles. The highest BCUT2D eigenvalue weighted by Gasteiger charge is 2.27. The summed E-state index contributed by atoms with van der Waals surface area (Å²) < 4.78 is 0. The van der Waals surface area contributed by atoms with Gasteiger partial charge in [-0.2, -0.15) is 9.97 Å². The lowest BCUT2D eigenvalue weighted by Gasteiger charge is -2.31. The molecule has 0 unspecified atom stereocenters. The third kappa shape index (κ3) is 5.45. The third-order valence-corrected chi connectivity index (χ3v) is 10.1. The van der Waals surface area contributed by atoms with Gasteiger partial charge in [-0.1, -0.05) is 182 Å². The van der Waals surface area contributed by atoms with Gasteiger partial charge in [0.15, 0.2) is 11.6 Å². The number of nitrogens with zero attached hydrogens (tertiary/aromatic N) is 4. The van der Waals surface area contributed by atoms with Crippen LogP contribution >= 0.6 is 0 Å². The lowest BCUT2D eigenvalue weighted by Crippen LogP contribution is -2.17. The topological polar surface area (TPSA) is 41.9 Å². The number of rotatable bonds is 5. The van der Waals surface area contributed by atoms with E-state index in [1.54, 1.807) is 0 Å². The molecule has 0 N–H and O–H groups in total. The van der Waals surface area contributed by atoms with Crippen LogP contribution in [-0.4, -0.2) is 15.0 Å². The second-order valence-corrected chi connectivity index (χ2v) is 13.2. The molecule has 0 atom stereocenters. The van der Waals surface area contributed by atoms with Crippen LogP contribution in [0.5, 0.6) is 0 Å². The Bertz CT molecular complexity index is 2570. The number of hydrogen-bond acceptors (Lipinski definition) is 4. The fraction of sp³-hybridized carbons (Fsp3) is 0. The molecule has 0 bridgehead atoms. The number of fused-ring (bicyclic) bond motifs is 4. The minimum Gasteiger partial charge on any atom is -0.278 e. The Morgan fingerprint density at radius 3 is 1.13 bits per heavy atom. The van der Waals surface area contributed by atoms with Gasteiger partial charge in [-0.25, -0.2) is 4.98 Å². The molecule has 0 spiro atoms. The number of benzene rings is 8. The minimum absolute atomic E-state index is 0.552. The molecule has 8 aromatic carbocycles. The second-order valence-electron chi connectivity index (χ2n) is 13.2. The molecule has 0 saturated heterocycles. The first kappa shape index (κ1) is 30.6. The van der Waals surface area contributed by atoms with Crippen LogP contribution in [0.3, 0.4) is 0 Å². The summed E-state index contributed by atoms with van der Waals surface area (Å²) in [7, 11) is 0. The number of aromatic nitrogens is 3. The Morgan fingerprint density at radius 1 is 0.283 bits per heavy atom. The van der Waals surface area contributed by atoms with Crippen molar-refractivity contribution in [3.63, 3.8) is 0 Å². The number of anilines is 3. The van der Waals surface area contributed by atoms with Gasteiger partial charge in [0.25, 0.3) is 0 Å². The van der Waals surface area contributed by atoms with Gasteiger partial charge in [-0.15, -0.1) is 0 Å². The standard InChI is InChI=1S/C49H32N4/c1-3-13-33(14-4-1)35-25-29-38(30-26-35)47-50-48(39-31-27-36(28-32-39)34-15-5-2-6-16-34)52-49(51-47)53-44-23-9-7-19-40(44)42-21-11-17-37-18-12-22-43(46(37)42)41-20-8-10-24-45(41)53/h1-32H. The Kier molecular flexibility index (Phi) is 7.43. The first-order valence-corrected chi connectivity index (χ1v) is 17.9. The Morgan fingerprint density at radius 2 is 0.660 bits per heavy atom. The van der Waals surface area contributed by atoms with E-state index in [4.69, 9.17) is 15.0 Å². The van der Waals surface area contributed by atoms with E-state index in [1.807, 2.05) is 12.1 Å². The summed E-state index contributed by atoms with van der Waals surface area (Å²) in [5.74, 6) is 1.77. The van der Waals surface area contributed by atoms with Gasteiger partial charge in [-0.05, 0) is 56.3 Å². The van der Waals surface area contributed by atoms with Crippen molar-refractivity contribution < 1.29 is 0 Å². The molecular weight excluding hydrogens is 645 g/mol. The zero-order chi connectivity index (χ0) is 35.1. The third-order valence-electron chi connectivity index (χ3n) is 10.1. The zero-order valence-corrected chi connectivity index (χ0v) is 28.8.